The second-order valence-electron chi connectivity index (χ2n) is 0.149. The molecule has 0 spiro atoms. The fourth-order valence-corrected chi connectivity index (χ4v) is 0. The third kappa shape index (κ3) is 1890. The van der Waals surface area contributed by atoms with E-state index < -0.39 is 0 Å². The summed E-state index contributed by atoms with van der Waals surface area (Å²) in [5, 5.41) is 18.0. The molecule has 0 atom stereocenters. The number of hydrogen-bond acceptors (Lipinski definition) is 6. The van der Waals surface area contributed by atoms with E-state index >= 15 is 0 Å². The molecule has 8 heteroatoms. The molecule has 0 aromatic rings. The molecule has 0 aromatic heterocycles. The zero-order valence-corrected chi connectivity index (χ0v) is 3.90. The Labute approximate surface area is 77.0 Å². The molecule has 0 rings (SSSR count). The molecular formula is HCoN2NaO4. The van der Waals surface area contributed by atoms with Gasteiger partial charge in [0.1, 0.15) is 0 Å². The van der Waals surface area contributed by atoms with Gasteiger partial charge in [-0.05, 0) is 0 Å². The first-order valence-corrected chi connectivity index (χ1v) is 0.730. The van der Waals surface area contributed by atoms with Crippen LogP contribution in [-0.2, 0) is 16.8 Å². The van der Waals surface area contributed by atoms with Gasteiger partial charge in [0.05, 0.1) is 0 Å². The third-order valence-electron chi connectivity index (χ3n) is 0. The van der Waals surface area contributed by atoms with Crippen molar-refractivity contribution in [1.82, 2.24) is 0 Å². The molecule has 0 N–H and O–H groups in total. The van der Waals surface area contributed by atoms with E-state index in [-0.39, 0.29) is 46.3 Å². The van der Waals surface area contributed by atoms with Gasteiger partial charge in [-0.2, -0.15) is 0 Å². The van der Waals surface area contributed by atoms with Crippen LogP contribution in [0.5, 0.6) is 0 Å². The Morgan fingerprint density at radius 2 is 1.00 bits per heavy atom. The molecule has 0 bridgehead atoms. The summed E-state index contributed by atoms with van der Waals surface area (Å²) >= 11 is 0. The van der Waals surface area contributed by atoms with Crippen LogP contribution in [-0.4, -0.2) is 29.6 Å². The molecule has 0 heterocycles. The van der Waals surface area contributed by atoms with E-state index in [2.05, 4.69) is 0 Å². The zero-order chi connectivity index (χ0) is 5.41. The first-order valence-electron chi connectivity index (χ1n) is 0.730. The van der Waals surface area contributed by atoms with Crippen LogP contribution in [0.25, 0.3) is 0 Å². The number of rotatable bonds is 0. The molecule has 0 aliphatic carbocycles. The first kappa shape index (κ1) is 23.9. The normalized spacial score (nSPS) is 3.00. The van der Waals surface area contributed by atoms with Crippen molar-refractivity contribution in [2.45, 2.75) is 0 Å². The van der Waals surface area contributed by atoms with E-state index in [0.717, 1.165) is 10.7 Å². The predicted molar refractivity (Wildman–Crippen MR) is 25.5 cm³/mol. The Morgan fingerprint density at radius 3 is 1.00 bits per heavy atom. The topological polar surface area (TPSA) is 105 Å². The van der Waals surface area contributed by atoms with Gasteiger partial charge in [-0.15, -0.1) is 10.7 Å². The van der Waals surface area contributed by atoms with Crippen LogP contribution in [0.15, 0.2) is 10.7 Å². The molecule has 0 aliphatic rings. The molecule has 0 fully saturated rings. The van der Waals surface area contributed by atoms with E-state index in [4.69, 9.17) is 20.2 Å². The Bertz CT molecular complexity index is 35.0. The average molecular weight is 175 g/mol. The fraction of sp³-hybridized carbons (Fsp3) is 0. The maximum atomic E-state index is 8.00. The molecule has 45 valence electrons. The summed E-state index contributed by atoms with van der Waals surface area (Å²) in [6, 6.07) is 0. The molecule has 0 unspecified atom stereocenters. The van der Waals surface area contributed by atoms with E-state index in [1.165, 1.54) is 0 Å². The summed E-state index contributed by atoms with van der Waals surface area (Å²) in [7, 11) is 0. The quantitative estimate of drug-likeness (QED) is 0.290. The van der Waals surface area contributed by atoms with Gasteiger partial charge in [-0.3, -0.25) is 0 Å². The molecule has 6 nitrogen and oxygen atoms in total. The van der Waals surface area contributed by atoms with Gasteiger partial charge >= 0.3 is 46.3 Å². The Balaban J connectivity index is -0.0000000160. The van der Waals surface area contributed by atoms with Gasteiger partial charge in [0, 0.05) is 0 Å². The summed E-state index contributed by atoms with van der Waals surface area (Å²) < 4.78 is 0. The summed E-state index contributed by atoms with van der Waals surface area (Å²) in [6.45, 7) is 0. The Morgan fingerprint density at radius 1 is 1.00 bits per heavy atom. The maximum absolute atomic E-state index is 8.00. The van der Waals surface area contributed by atoms with Crippen molar-refractivity contribution in [2.24, 2.45) is 10.7 Å². The van der Waals surface area contributed by atoms with E-state index in [9.17, 15) is 0 Å². The van der Waals surface area contributed by atoms with Crippen LogP contribution >= 0.6 is 0 Å². The summed E-state index contributed by atoms with van der Waals surface area (Å²) in [4.78, 5) is 16.0. The van der Waals surface area contributed by atoms with Crippen LogP contribution in [0.3, 0.4) is 0 Å². The van der Waals surface area contributed by atoms with E-state index in [1.807, 2.05) is 0 Å². The van der Waals surface area contributed by atoms with Gasteiger partial charge in [0.2, 0.25) is 0 Å². The third-order valence-corrected chi connectivity index (χ3v) is 0. The second kappa shape index (κ2) is 54.6. The summed E-state index contributed by atoms with van der Waals surface area (Å²) in [5.41, 5.74) is 0. The molecule has 0 aliphatic heterocycles. The van der Waals surface area contributed by atoms with E-state index in [1.54, 1.807) is 0 Å². The SMILES string of the molecule is O=N[O-].O=N[O-].[Co+2].[NaH]. The average Bonchev–Trinajstić information content (AvgIpc) is 1.39. The summed E-state index contributed by atoms with van der Waals surface area (Å²) in [6.07, 6.45) is 0. The molecule has 0 saturated heterocycles. The number of nitrogens with zero attached hydrogens (tertiary/aromatic N) is 2. The second-order valence-corrected chi connectivity index (χ2v) is 0.149. The minimum atomic E-state index is 0. The van der Waals surface area contributed by atoms with Crippen LogP contribution in [0, 0.1) is 20.2 Å². The van der Waals surface area contributed by atoms with Crippen LogP contribution in [0.2, 0.25) is 0 Å². The van der Waals surface area contributed by atoms with Crippen molar-refractivity contribution in [3.8, 4) is 0 Å². The standard InChI is InChI=1S/Co.2HNO2.Na.H/c;2*2-1-3;;/h;2*(H,2,3);;/q+2;;;;/p-2. The van der Waals surface area contributed by atoms with Crippen LogP contribution in [0.4, 0.5) is 0 Å². The molecular weight excluding hydrogens is 174 g/mol. The molecule has 1 radical (unpaired) electrons. The van der Waals surface area contributed by atoms with Crippen molar-refractivity contribution in [3.63, 3.8) is 0 Å². The van der Waals surface area contributed by atoms with Crippen LogP contribution in [0.1, 0.15) is 0 Å². The molecule has 0 amide bonds. The minimum absolute atomic E-state index is 0. The van der Waals surface area contributed by atoms with Gasteiger partial charge in [0.15, 0.2) is 0 Å². The Hall–Kier alpha value is 0.306. The van der Waals surface area contributed by atoms with Crippen molar-refractivity contribution in [3.05, 3.63) is 20.2 Å². The van der Waals surface area contributed by atoms with Gasteiger partial charge in [-0.25, -0.2) is 0 Å². The molecule has 8 heavy (non-hydrogen) atoms. The van der Waals surface area contributed by atoms with Crippen molar-refractivity contribution < 1.29 is 16.8 Å². The van der Waals surface area contributed by atoms with Crippen molar-refractivity contribution >= 4 is 29.6 Å². The van der Waals surface area contributed by atoms with Gasteiger partial charge in [0.25, 0.3) is 0 Å². The number of hydrogen-bond donors (Lipinski definition) is 0. The van der Waals surface area contributed by atoms with Crippen molar-refractivity contribution in [2.75, 3.05) is 0 Å². The summed E-state index contributed by atoms with van der Waals surface area (Å²) in [5.74, 6) is 0. The van der Waals surface area contributed by atoms with Gasteiger partial charge < -0.3 is 20.2 Å². The Kier molecular flexibility index (Phi) is 163. The predicted octanol–water partition coefficient (Wildman–Crippen LogP) is -0.150. The fourth-order valence-electron chi connectivity index (χ4n) is 0. The first-order chi connectivity index (χ1) is 2.83. The van der Waals surface area contributed by atoms with Gasteiger partial charge in [-0.1, -0.05) is 0 Å². The molecule has 0 aromatic carbocycles. The zero-order valence-electron chi connectivity index (χ0n) is 2.86. The molecule has 0 saturated carbocycles. The van der Waals surface area contributed by atoms with E-state index in [0.29, 0.717) is 0 Å². The van der Waals surface area contributed by atoms with Crippen LogP contribution < -0.4 is 0 Å². The van der Waals surface area contributed by atoms with Crippen molar-refractivity contribution in [1.29, 1.82) is 0 Å². The monoisotopic (exact) mass is 175 g/mol.